The van der Waals surface area contributed by atoms with Crippen molar-refractivity contribution >= 4 is 27.9 Å². The number of hydrogen-bond donors (Lipinski definition) is 0. The zero-order valence-corrected chi connectivity index (χ0v) is 10.1. The Balaban J connectivity index is 0.000000127. The van der Waals surface area contributed by atoms with E-state index in [1.165, 1.54) is 50.4 Å². The molecule has 0 nitrogen and oxygen atoms in total. The van der Waals surface area contributed by atoms with Crippen LogP contribution in [0.5, 0.6) is 0 Å². The first kappa shape index (κ1) is 10.6. The number of hydrogen-bond acceptors (Lipinski definition) is 0. The van der Waals surface area contributed by atoms with Crippen molar-refractivity contribution in [1.82, 2.24) is 0 Å². The second kappa shape index (κ2) is 6.94. The van der Waals surface area contributed by atoms with Crippen LogP contribution in [0.1, 0.15) is 38.5 Å². The van der Waals surface area contributed by atoms with Crippen molar-refractivity contribution in [3.8, 4) is 0 Å². The quantitative estimate of drug-likeness (QED) is 0.491. The number of allylic oxidation sites excluding steroid dienone is 4. The molecule has 0 amide bonds. The van der Waals surface area contributed by atoms with E-state index < -0.39 is 0 Å². The standard InChI is InChI=1S/C6H11.C5H6.Na/c1-2-4-6-5-3-1;1-2-4-5-3-1;/h1H,2-6H2;1-4H,5H2;. The van der Waals surface area contributed by atoms with E-state index in [-0.39, 0.29) is 0 Å². The fourth-order valence-electron chi connectivity index (χ4n) is 1.70. The van der Waals surface area contributed by atoms with Crippen LogP contribution in [0.3, 0.4) is 0 Å². The summed E-state index contributed by atoms with van der Waals surface area (Å²) in [5.74, 6) is 0. The molecular weight excluding hydrogens is 155 g/mol. The van der Waals surface area contributed by atoms with Crippen LogP contribution in [-0.2, 0) is 0 Å². The van der Waals surface area contributed by atoms with E-state index in [1.54, 1.807) is 12.8 Å². The molecule has 2 aliphatic carbocycles. The molecule has 2 aliphatic rings. The van der Waals surface area contributed by atoms with Crippen molar-refractivity contribution in [2.75, 3.05) is 0 Å². The van der Waals surface area contributed by atoms with Crippen molar-refractivity contribution in [2.45, 2.75) is 41.7 Å². The monoisotopic (exact) mass is 172 g/mol. The molecule has 0 aliphatic heterocycles. The average molecular weight is 172 g/mol. The molecule has 0 aromatic heterocycles. The van der Waals surface area contributed by atoms with Crippen molar-refractivity contribution in [2.24, 2.45) is 0 Å². The van der Waals surface area contributed by atoms with Crippen LogP contribution < -0.4 is 0 Å². The second-order valence-corrected chi connectivity index (χ2v) is 5.47. The van der Waals surface area contributed by atoms with Crippen molar-refractivity contribution in [3.63, 3.8) is 0 Å². The maximum atomic E-state index is 2.12. The van der Waals surface area contributed by atoms with Crippen LogP contribution >= 0.6 is 0 Å². The molecule has 0 radical (unpaired) electrons. The van der Waals surface area contributed by atoms with E-state index in [0.29, 0.717) is 0 Å². The van der Waals surface area contributed by atoms with Crippen molar-refractivity contribution in [3.05, 3.63) is 24.3 Å². The molecule has 0 N–H and O–H groups in total. The Bertz CT molecular complexity index is 142. The van der Waals surface area contributed by atoms with Crippen LogP contribution in [0.4, 0.5) is 0 Å². The summed E-state index contributed by atoms with van der Waals surface area (Å²) in [7, 11) is 0. The van der Waals surface area contributed by atoms with Crippen molar-refractivity contribution < 1.29 is 0 Å². The predicted molar refractivity (Wildman–Crippen MR) is 55.5 cm³/mol. The van der Waals surface area contributed by atoms with Gasteiger partial charge in [-0.05, 0) is 6.42 Å². The van der Waals surface area contributed by atoms with Gasteiger partial charge in [-0.2, -0.15) is 0 Å². The Labute approximate surface area is 93.5 Å². The molecule has 0 bridgehead atoms. The molecule has 1 saturated carbocycles. The molecule has 0 aromatic carbocycles. The third-order valence-electron chi connectivity index (χ3n) is 2.55. The van der Waals surface area contributed by atoms with Gasteiger partial charge < -0.3 is 0 Å². The molecular formula is C11H17Na. The Kier molecular flexibility index (Phi) is 6.11. The zero-order valence-electron chi connectivity index (χ0n) is 8.13. The van der Waals surface area contributed by atoms with Crippen LogP contribution in [0.2, 0.25) is 3.17 Å². The molecule has 1 fully saturated rings. The molecule has 1 heteroatoms. The summed E-state index contributed by atoms with van der Waals surface area (Å²) >= 11 is 1.45. The van der Waals surface area contributed by atoms with Gasteiger partial charge in [0.1, 0.15) is 0 Å². The zero-order chi connectivity index (χ0) is 8.65. The third kappa shape index (κ3) is 5.18. The van der Waals surface area contributed by atoms with Crippen molar-refractivity contribution in [1.29, 1.82) is 0 Å². The normalized spacial score (nSPS) is 22.2. The summed E-state index contributed by atoms with van der Waals surface area (Å²) in [6, 6.07) is 0. The van der Waals surface area contributed by atoms with Gasteiger partial charge in [-0.1, -0.05) is 24.3 Å². The van der Waals surface area contributed by atoms with Gasteiger partial charge in [-0.25, -0.2) is 0 Å². The van der Waals surface area contributed by atoms with Gasteiger partial charge in [-0.15, -0.1) is 0 Å². The van der Waals surface area contributed by atoms with Crippen LogP contribution in [0.25, 0.3) is 0 Å². The summed E-state index contributed by atoms with van der Waals surface area (Å²) in [5.41, 5.74) is 0. The van der Waals surface area contributed by atoms with Gasteiger partial charge in [-0.3, -0.25) is 0 Å². The maximum absolute atomic E-state index is 2.12. The Hall–Kier alpha value is 0.480. The molecule has 2 rings (SSSR count). The van der Waals surface area contributed by atoms with E-state index in [0.717, 1.165) is 6.42 Å². The Morgan fingerprint density at radius 2 is 1.50 bits per heavy atom. The SMILES string of the molecule is C1=CCC=C1.[Na][CH]1CCCCC1. The van der Waals surface area contributed by atoms with E-state index in [2.05, 4.69) is 24.3 Å². The fraction of sp³-hybridized carbons (Fsp3) is 0.636. The first-order chi connectivity index (χ1) is 5.89. The summed E-state index contributed by atoms with van der Waals surface area (Å²) in [4.78, 5) is 0. The average Bonchev–Trinajstić information content (AvgIpc) is 2.62. The fourth-order valence-corrected chi connectivity index (χ4v) is 2.52. The molecule has 0 spiro atoms. The van der Waals surface area contributed by atoms with Crippen LogP contribution in [-0.4, -0.2) is 27.9 Å². The molecule has 0 heterocycles. The summed E-state index contributed by atoms with van der Waals surface area (Å²) in [6.45, 7) is 0. The van der Waals surface area contributed by atoms with Gasteiger partial charge >= 0.3 is 63.2 Å². The van der Waals surface area contributed by atoms with Crippen LogP contribution in [0.15, 0.2) is 24.3 Å². The van der Waals surface area contributed by atoms with E-state index in [4.69, 9.17) is 0 Å². The van der Waals surface area contributed by atoms with Gasteiger partial charge in [0.2, 0.25) is 0 Å². The molecule has 0 unspecified atom stereocenters. The van der Waals surface area contributed by atoms with Gasteiger partial charge in [0.05, 0.1) is 0 Å². The van der Waals surface area contributed by atoms with E-state index in [9.17, 15) is 0 Å². The molecule has 12 heavy (non-hydrogen) atoms. The minimum absolute atomic E-state index is 1.14. The van der Waals surface area contributed by atoms with E-state index >= 15 is 0 Å². The molecule has 62 valence electrons. The molecule has 0 saturated heterocycles. The summed E-state index contributed by atoms with van der Waals surface area (Å²) < 4.78 is 1.17. The van der Waals surface area contributed by atoms with Gasteiger partial charge in [0.15, 0.2) is 0 Å². The van der Waals surface area contributed by atoms with Gasteiger partial charge in [0, 0.05) is 0 Å². The summed E-state index contributed by atoms with van der Waals surface area (Å²) in [5, 5.41) is 0. The minimum atomic E-state index is 1.14. The topological polar surface area (TPSA) is 0 Å². The first-order valence-corrected chi connectivity index (χ1v) is 6.37. The Morgan fingerprint density at radius 3 is 1.75 bits per heavy atom. The third-order valence-corrected chi connectivity index (χ3v) is 3.70. The van der Waals surface area contributed by atoms with Crippen LogP contribution in [0, 0.1) is 0 Å². The predicted octanol–water partition coefficient (Wildman–Crippen LogP) is 3.41. The second-order valence-electron chi connectivity index (χ2n) is 3.84. The first-order valence-electron chi connectivity index (χ1n) is 5.21. The number of rotatable bonds is 0. The molecule has 0 atom stereocenters. The summed E-state index contributed by atoms with van der Waals surface area (Å²) in [6.07, 6.45) is 17.2. The Morgan fingerprint density at radius 1 is 0.917 bits per heavy atom. The molecule has 0 aromatic rings. The van der Waals surface area contributed by atoms with E-state index in [1.807, 2.05) is 0 Å². The van der Waals surface area contributed by atoms with Gasteiger partial charge in [0.25, 0.3) is 0 Å².